The smallest absolute Gasteiger partial charge is 0.323 e. The molecule has 0 amide bonds. The monoisotopic (exact) mass is 227 g/mol. The second-order valence-electron chi connectivity index (χ2n) is 5.36. The summed E-state index contributed by atoms with van der Waals surface area (Å²) in [5.74, 6) is -0.897. The number of rotatable bonds is 3. The van der Waals surface area contributed by atoms with E-state index in [1.807, 2.05) is 4.90 Å². The molecule has 0 aromatic carbocycles. The maximum absolute atomic E-state index is 10.9. The van der Waals surface area contributed by atoms with Crippen LogP contribution in [0.5, 0.6) is 0 Å². The van der Waals surface area contributed by atoms with Crippen molar-refractivity contribution in [3.05, 3.63) is 0 Å². The van der Waals surface area contributed by atoms with E-state index in [0.29, 0.717) is 5.41 Å². The minimum Gasteiger partial charge on any atom is -0.480 e. The number of nitrogens with zero attached hydrogens (tertiary/aromatic N) is 1. The second kappa shape index (κ2) is 4.72. The molecule has 2 fully saturated rings. The summed E-state index contributed by atoms with van der Waals surface area (Å²) in [6.07, 6.45) is 7.69. The molecule has 92 valence electrons. The molecule has 1 saturated carbocycles. The molecule has 4 nitrogen and oxygen atoms in total. The normalized spacial score (nSPS) is 27.1. The minimum atomic E-state index is -0.897. The first kappa shape index (κ1) is 11.9. The van der Waals surface area contributed by atoms with Gasteiger partial charge in [0.15, 0.2) is 0 Å². The fraction of sp³-hybridized carbons (Fsp3) is 0.917. The van der Waals surface area contributed by atoms with Crippen LogP contribution in [0.15, 0.2) is 0 Å². The molecule has 1 heterocycles. The molecule has 2 rings (SSSR count). The molecular formula is C12H21NO3. The quantitative estimate of drug-likeness (QED) is 0.757. The van der Waals surface area contributed by atoms with Gasteiger partial charge in [0.25, 0.3) is 0 Å². The van der Waals surface area contributed by atoms with Gasteiger partial charge < -0.3 is 10.2 Å². The lowest BCUT2D eigenvalue weighted by Crippen LogP contribution is -2.62. The van der Waals surface area contributed by atoms with Crippen LogP contribution in [-0.4, -0.2) is 46.8 Å². The molecule has 1 unspecified atom stereocenters. The fourth-order valence-corrected chi connectivity index (χ4v) is 3.18. The summed E-state index contributed by atoms with van der Waals surface area (Å²) < 4.78 is 0. The van der Waals surface area contributed by atoms with Crippen LogP contribution in [0.1, 0.15) is 38.5 Å². The number of likely N-dealkylation sites (tertiary alicyclic amines) is 1. The van der Waals surface area contributed by atoms with Gasteiger partial charge in [0.05, 0.1) is 6.61 Å². The highest BCUT2D eigenvalue weighted by atomic mass is 16.4. The van der Waals surface area contributed by atoms with Crippen LogP contribution in [0, 0.1) is 5.41 Å². The standard InChI is InChI=1S/C12H21NO3/c14-7-10(11(15)16)13-8-12(9-13)5-3-1-2-4-6-12/h10,14H,1-9H2,(H,15,16). The van der Waals surface area contributed by atoms with E-state index < -0.39 is 12.0 Å². The van der Waals surface area contributed by atoms with Gasteiger partial charge in [-0.1, -0.05) is 25.7 Å². The average Bonchev–Trinajstić information content (AvgIpc) is 2.43. The van der Waals surface area contributed by atoms with Crippen LogP contribution in [-0.2, 0) is 4.79 Å². The highest BCUT2D eigenvalue weighted by Crippen LogP contribution is 2.43. The van der Waals surface area contributed by atoms with Crippen molar-refractivity contribution >= 4 is 5.97 Å². The van der Waals surface area contributed by atoms with Crippen LogP contribution in [0.4, 0.5) is 0 Å². The second-order valence-corrected chi connectivity index (χ2v) is 5.36. The highest BCUT2D eigenvalue weighted by Gasteiger charge is 2.46. The molecule has 0 bridgehead atoms. The number of hydrogen-bond acceptors (Lipinski definition) is 3. The molecular weight excluding hydrogens is 206 g/mol. The van der Waals surface area contributed by atoms with Gasteiger partial charge >= 0.3 is 5.97 Å². The Balaban J connectivity index is 1.89. The van der Waals surface area contributed by atoms with Gasteiger partial charge in [-0.15, -0.1) is 0 Å². The van der Waals surface area contributed by atoms with Crippen LogP contribution >= 0.6 is 0 Å². The Morgan fingerprint density at radius 2 is 1.75 bits per heavy atom. The van der Waals surface area contributed by atoms with Crippen molar-refractivity contribution in [2.45, 2.75) is 44.6 Å². The molecule has 1 saturated heterocycles. The first-order chi connectivity index (χ1) is 7.67. The van der Waals surface area contributed by atoms with Gasteiger partial charge in [0.2, 0.25) is 0 Å². The molecule has 0 aromatic heterocycles. The van der Waals surface area contributed by atoms with Crippen molar-refractivity contribution < 1.29 is 15.0 Å². The summed E-state index contributed by atoms with van der Waals surface area (Å²) in [4.78, 5) is 12.8. The van der Waals surface area contributed by atoms with E-state index in [1.54, 1.807) is 0 Å². The van der Waals surface area contributed by atoms with E-state index >= 15 is 0 Å². The highest BCUT2D eigenvalue weighted by molar-refractivity contribution is 5.73. The number of hydrogen-bond donors (Lipinski definition) is 2. The summed E-state index contributed by atoms with van der Waals surface area (Å²) in [5.41, 5.74) is 0.374. The number of carboxylic acid groups (broad SMARTS) is 1. The zero-order chi connectivity index (χ0) is 11.6. The van der Waals surface area contributed by atoms with Gasteiger partial charge in [-0.05, 0) is 18.3 Å². The topological polar surface area (TPSA) is 60.8 Å². The summed E-state index contributed by atoms with van der Waals surface area (Å²) >= 11 is 0. The van der Waals surface area contributed by atoms with Crippen LogP contribution in [0.25, 0.3) is 0 Å². The van der Waals surface area contributed by atoms with E-state index in [1.165, 1.54) is 38.5 Å². The molecule has 4 heteroatoms. The van der Waals surface area contributed by atoms with E-state index in [4.69, 9.17) is 10.2 Å². The van der Waals surface area contributed by atoms with Gasteiger partial charge in [-0.2, -0.15) is 0 Å². The summed E-state index contributed by atoms with van der Waals surface area (Å²) in [6, 6.07) is -0.686. The third kappa shape index (κ3) is 2.23. The molecule has 1 spiro atoms. The third-order valence-corrected chi connectivity index (χ3v) is 4.14. The molecule has 0 aromatic rings. The lowest BCUT2D eigenvalue weighted by Gasteiger charge is -2.52. The minimum absolute atomic E-state index is 0.272. The SMILES string of the molecule is O=C(O)C(CO)N1CC2(CCCCCC2)C1. The van der Waals surface area contributed by atoms with Crippen molar-refractivity contribution in [2.75, 3.05) is 19.7 Å². The van der Waals surface area contributed by atoms with Gasteiger partial charge in [0.1, 0.15) is 6.04 Å². The Morgan fingerprint density at radius 1 is 1.19 bits per heavy atom. The molecule has 2 N–H and O–H groups in total. The van der Waals surface area contributed by atoms with Crippen LogP contribution < -0.4 is 0 Å². The van der Waals surface area contributed by atoms with Crippen LogP contribution in [0.3, 0.4) is 0 Å². The van der Waals surface area contributed by atoms with Crippen molar-refractivity contribution in [2.24, 2.45) is 5.41 Å². The Morgan fingerprint density at radius 3 is 2.19 bits per heavy atom. The van der Waals surface area contributed by atoms with E-state index in [2.05, 4.69) is 0 Å². The molecule has 1 aliphatic carbocycles. The van der Waals surface area contributed by atoms with Crippen molar-refractivity contribution in [1.29, 1.82) is 0 Å². The first-order valence-corrected chi connectivity index (χ1v) is 6.25. The Kier molecular flexibility index (Phi) is 3.50. The molecule has 1 atom stereocenters. The maximum atomic E-state index is 10.9. The number of aliphatic carboxylic acids is 1. The lowest BCUT2D eigenvalue weighted by atomic mass is 9.73. The van der Waals surface area contributed by atoms with Crippen LogP contribution in [0.2, 0.25) is 0 Å². The summed E-state index contributed by atoms with van der Waals surface area (Å²) in [7, 11) is 0. The van der Waals surface area contributed by atoms with Crippen molar-refractivity contribution in [3.8, 4) is 0 Å². The number of aliphatic hydroxyl groups excluding tert-OH is 1. The Bertz CT molecular complexity index is 251. The number of carbonyl (C=O) groups is 1. The van der Waals surface area contributed by atoms with Crippen molar-refractivity contribution in [3.63, 3.8) is 0 Å². The predicted octanol–water partition coefficient (Wildman–Crippen LogP) is 1.09. The van der Waals surface area contributed by atoms with Gasteiger partial charge in [0, 0.05) is 13.1 Å². The Labute approximate surface area is 96.3 Å². The first-order valence-electron chi connectivity index (χ1n) is 6.25. The number of aliphatic hydroxyl groups is 1. The van der Waals surface area contributed by atoms with Gasteiger partial charge in [-0.3, -0.25) is 9.69 Å². The predicted molar refractivity (Wildman–Crippen MR) is 60.2 cm³/mol. The third-order valence-electron chi connectivity index (χ3n) is 4.14. The fourth-order valence-electron chi connectivity index (χ4n) is 3.18. The van der Waals surface area contributed by atoms with Gasteiger partial charge in [-0.25, -0.2) is 0 Å². The zero-order valence-corrected chi connectivity index (χ0v) is 9.69. The van der Waals surface area contributed by atoms with Crippen molar-refractivity contribution in [1.82, 2.24) is 4.90 Å². The zero-order valence-electron chi connectivity index (χ0n) is 9.69. The summed E-state index contributed by atoms with van der Waals surface area (Å²) in [6.45, 7) is 1.46. The molecule has 0 radical (unpaired) electrons. The van der Waals surface area contributed by atoms with E-state index in [0.717, 1.165) is 13.1 Å². The molecule has 1 aliphatic heterocycles. The number of carboxylic acids is 1. The van der Waals surface area contributed by atoms with E-state index in [-0.39, 0.29) is 6.61 Å². The van der Waals surface area contributed by atoms with E-state index in [9.17, 15) is 4.79 Å². The largest absolute Gasteiger partial charge is 0.480 e. The average molecular weight is 227 g/mol. The Hall–Kier alpha value is -0.610. The maximum Gasteiger partial charge on any atom is 0.323 e. The molecule has 2 aliphatic rings. The molecule has 16 heavy (non-hydrogen) atoms. The lowest BCUT2D eigenvalue weighted by molar-refractivity contribution is -0.152. The summed E-state index contributed by atoms with van der Waals surface area (Å²) in [5, 5.41) is 18.0.